The van der Waals surface area contributed by atoms with Gasteiger partial charge in [-0.25, -0.2) is 0 Å². The van der Waals surface area contributed by atoms with Crippen LogP contribution >= 0.6 is 0 Å². The Labute approximate surface area is 130 Å². The molecule has 0 aliphatic rings. The van der Waals surface area contributed by atoms with Crippen LogP contribution in [0.1, 0.15) is 30.9 Å². The molecular formula is C18H20N4. The van der Waals surface area contributed by atoms with Crippen LogP contribution in [0.15, 0.2) is 48.5 Å². The van der Waals surface area contributed by atoms with Crippen molar-refractivity contribution in [2.75, 3.05) is 5.73 Å². The Morgan fingerprint density at radius 2 is 1.59 bits per heavy atom. The number of aromatic nitrogens is 3. The summed E-state index contributed by atoms with van der Waals surface area (Å²) in [7, 11) is 0. The first-order chi connectivity index (χ1) is 10.6. The fourth-order valence-corrected chi connectivity index (χ4v) is 2.40. The third kappa shape index (κ3) is 2.60. The van der Waals surface area contributed by atoms with Gasteiger partial charge in [0, 0.05) is 5.56 Å². The van der Waals surface area contributed by atoms with Gasteiger partial charge in [0.1, 0.15) is 5.69 Å². The molecule has 4 heteroatoms. The Morgan fingerprint density at radius 1 is 0.955 bits per heavy atom. The highest BCUT2D eigenvalue weighted by molar-refractivity contribution is 5.71. The van der Waals surface area contributed by atoms with Crippen molar-refractivity contribution in [2.45, 2.75) is 26.7 Å². The molecule has 0 unspecified atom stereocenters. The first-order valence-electron chi connectivity index (χ1n) is 7.45. The summed E-state index contributed by atoms with van der Waals surface area (Å²) < 4.78 is 1.68. The summed E-state index contributed by atoms with van der Waals surface area (Å²) in [6.07, 6.45) is 0. The summed E-state index contributed by atoms with van der Waals surface area (Å²) in [4.78, 5) is 0. The maximum absolute atomic E-state index is 6.24. The quantitative estimate of drug-likeness (QED) is 0.795. The lowest BCUT2D eigenvalue weighted by Gasteiger charge is -2.07. The molecule has 0 radical (unpaired) electrons. The highest BCUT2D eigenvalue weighted by Crippen LogP contribution is 2.26. The van der Waals surface area contributed by atoms with Crippen molar-refractivity contribution in [3.05, 3.63) is 59.7 Å². The van der Waals surface area contributed by atoms with Crippen LogP contribution in [-0.4, -0.2) is 15.0 Å². The zero-order chi connectivity index (χ0) is 15.7. The van der Waals surface area contributed by atoms with E-state index in [0.717, 1.165) is 11.3 Å². The van der Waals surface area contributed by atoms with Crippen LogP contribution in [0.3, 0.4) is 0 Å². The van der Waals surface area contributed by atoms with Crippen LogP contribution in [-0.2, 0) is 0 Å². The largest absolute Gasteiger partial charge is 0.382 e. The van der Waals surface area contributed by atoms with Crippen LogP contribution in [0.4, 0.5) is 5.82 Å². The molecule has 1 heterocycles. The van der Waals surface area contributed by atoms with Gasteiger partial charge in [0.05, 0.1) is 5.69 Å². The van der Waals surface area contributed by atoms with Crippen LogP contribution in [0.5, 0.6) is 0 Å². The molecule has 1 aromatic heterocycles. The molecule has 3 aromatic rings. The second-order valence-electron chi connectivity index (χ2n) is 5.85. The van der Waals surface area contributed by atoms with E-state index in [4.69, 9.17) is 5.73 Å². The van der Waals surface area contributed by atoms with Crippen molar-refractivity contribution >= 4 is 5.82 Å². The Morgan fingerprint density at radius 3 is 2.18 bits per heavy atom. The molecule has 0 aliphatic heterocycles. The van der Waals surface area contributed by atoms with Crippen molar-refractivity contribution in [1.29, 1.82) is 0 Å². The molecule has 3 rings (SSSR count). The summed E-state index contributed by atoms with van der Waals surface area (Å²) in [5.41, 5.74) is 11.4. The smallest absolute Gasteiger partial charge is 0.155 e. The highest BCUT2D eigenvalue weighted by atomic mass is 15.5. The van der Waals surface area contributed by atoms with Gasteiger partial charge in [-0.2, -0.15) is 4.68 Å². The molecule has 0 aliphatic carbocycles. The third-order valence-corrected chi connectivity index (χ3v) is 3.83. The SMILES string of the molecule is Cc1ccc(-c2nnn(-c3ccc(C(C)C)cc3)c2N)cc1. The average molecular weight is 292 g/mol. The summed E-state index contributed by atoms with van der Waals surface area (Å²) in [6, 6.07) is 16.4. The molecule has 0 spiro atoms. The number of nitrogen functional groups attached to an aromatic ring is 1. The van der Waals surface area contributed by atoms with Crippen LogP contribution in [0.2, 0.25) is 0 Å². The molecule has 0 atom stereocenters. The van der Waals surface area contributed by atoms with Gasteiger partial charge in [0.2, 0.25) is 0 Å². The number of rotatable bonds is 3. The van der Waals surface area contributed by atoms with Crippen LogP contribution in [0, 0.1) is 6.92 Å². The fraction of sp³-hybridized carbons (Fsp3) is 0.222. The number of nitrogens with zero attached hydrogens (tertiary/aromatic N) is 3. The number of anilines is 1. The van der Waals surface area contributed by atoms with E-state index < -0.39 is 0 Å². The molecule has 2 N–H and O–H groups in total. The molecule has 0 saturated carbocycles. The van der Waals surface area contributed by atoms with E-state index >= 15 is 0 Å². The second kappa shape index (κ2) is 5.64. The lowest BCUT2D eigenvalue weighted by molar-refractivity contribution is 0.807. The molecule has 4 nitrogen and oxygen atoms in total. The summed E-state index contributed by atoms with van der Waals surface area (Å²) in [5, 5.41) is 8.44. The van der Waals surface area contributed by atoms with Gasteiger partial charge in [-0.15, -0.1) is 5.10 Å². The van der Waals surface area contributed by atoms with Gasteiger partial charge < -0.3 is 5.73 Å². The molecular weight excluding hydrogens is 272 g/mol. The van der Waals surface area contributed by atoms with Gasteiger partial charge in [-0.1, -0.05) is 61.0 Å². The predicted octanol–water partition coefficient (Wildman–Crippen LogP) is 3.95. The first-order valence-corrected chi connectivity index (χ1v) is 7.45. The minimum absolute atomic E-state index is 0.505. The Kier molecular flexibility index (Phi) is 3.67. The van der Waals surface area contributed by atoms with Crippen molar-refractivity contribution in [2.24, 2.45) is 0 Å². The molecule has 0 bridgehead atoms. The van der Waals surface area contributed by atoms with Crippen molar-refractivity contribution in [3.63, 3.8) is 0 Å². The maximum atomic E-state index is 6.24. The van der Waals surface area contributed by atoms with E-state index in [0.29, 0.717) is 17.4 Å². The number of hydrogen-bond donors (Lipinski definition) is 1. The standard InChI is InChI=1S/C18H20N4/c1-12(2)14-8-10-16(11-9-14)22-18(19)17(20-21-22)15-6-4-13(3)5-7-15/h4-12H,19H2,1-3H3. The van der Waals surface area contributed by atoms with Crippen LogP contribution < -0.4 is 5.73 Å². The second-order valence-corrected chi connectivity index (χ2v) is 5.85. The summed E-state index contributed by atoms with van der Waals surface area (Å²) >= 11 is 0. The monoisotopic (exact) mass is 292 g/mol. The normalized spacial score (nSPS) is 11.1. The highest BCUT2D eigenvalue weighted by Gasteiger charge is 2.13. The van der Waals surface area contributed by atoms with Crippen molar-refractivity contribution in [1.82, 2.24) is 15.0 Å². The summed E-state index contributed by atoms with van der Waals surface area (Å²) in [6.45, 7) is 6.41. The number of nitrogens with two attached hydrogens (primary N) is 1. The Bertz CT molecular complexity index is 768. The van der Waals surface area contributed by atoms with Crippen molar-refractivity contribution in [3.8, 4) is 16.9 Å². The van der Waals surface area contributed by atoms with E-state index in [1.54, 1.807) is 4.68 Å². The van der Waals surface area contributed by atoms with Crippen molar-refractivity contribution < 1.29 is 0 Å². The van der Waals surface area contributed by atoms with E-state index in [2.05, 4.69) is 43.2 Å². The minimum Gasteiger partial charge on any atom is -0.382 e. The van der Waals surface area contributed by atoms with Gasteiger partial charge in [-0.3, -0.25) is 0 Å². The third-order valence-electron chi connectivity index (χ3n) is 3.83. The van der Waals surface area contributed by atoms with Gasteiger partial charge in [0.15, 0.2) is 5.82 Å². The molecule has 112 valence electrons. The van der Waals surface area contributed by atoms with Gasteiger partial charge in [0.25, 0.3) is 0 Å². The lowest BCUT2D eigenvalue weighted by atomic mass is 10.0. The first kappa shape index (κ1) is 14.3. The average Bonchev–Trinajstić information content (AvgIpc) is 2.90. The maximum Gasteiger partial charge on any atom is 0.155 e. The topological polar surface area (TPSA) is 56.7 Å². The molecule has 0 amide bonds. The Hall–Kier alpha value is -2.62. The van der Waals surface area contributed by atoms with E-state index in [1.165, 1.54) is 11.1 Å². The van der Waals surface area contributed by atoms with E-state index in [9.17, 15) is 0 Å². The molecule has 0 fully saturated rings. The Balaban J connectivity index is 1.98. The minimum atomic E-state index is 0.505. The number of hydrogen-bond acceptors (Lipinski definition) is 3. The number of aryl methyl sites for hydroxylation is 1. The zero-order valence-electron chi connectivity index (χ0n) is 13.1. The molecule has 0 saturated heterocycles. The fourth-order valence-electron chi connectivity index (χ4n) is 2.40. The number of benzene rings is 2. The van der Waals surface area contributed by atoms with Gasteiger partial charge >= 0.3 is 0 Å². The zero-order valence-corrected chi connectivity index (χ0v) is 13.1. The van der Waals surface area contributed by atoms with E-state index in [1.807, 2.05) is 36.4 Å². The molecule has 22 heavy (non-hydrogen) atoms. The van der Waals surface area contributed by atoms with Crippen LogP contribution in [0.25, 0.3) is 16.9 Å². The lowest BCUT2D eigenvalue weighted by Crippen LogP contribution is -2.02. The van der Waals surface area contributed by atoms with E-state index in [-0.39, 0.29) is 0 Å². The summed E-state index contributed by atoms with van der Waals surface area (Å²) in [5.74, 6) is 1.06. The van der Waals surface area contributed by atoms with Gasteiger partial charge in [-0.05, 0) is 30.5 Å². The molecule has 2 aromatic carbocycles. The predicted molar refractivity (Wildman–Crippen MR) is 90.0 cm³/mol.